The molecule has 0 unspecified atom stereocenters. The number of nitriles is 1. The molecular weight excluding hydrogens is 164 g/mol. The van der Waals surface area contributed by atoms with E-state index in [0.29, 0.717) is 6.54 Å². The van der Waals surface area contributed by atoms with Gasteiger partial charge in [-0.25, -0.2) is 0 Å². The Kier molecular flexibility index (Phi) is 6.29. The Morgan fingerprint density at radius 1 is 1.80 bits per heavy atom. The number of thiol groups is 1. The molecule has 1 aromatic heterocycles. The molecule has 0 saturated heterocycles. The van der Waals surface area contributed by atoms with Gasteiger partial charge in [-0.1, -0.05) is 18.7 Å². The molecule has 0 aliphatic carbocycles. The molecule has 1 rings (SSSR count). The van der Waals surface area contributed by atoms with Gasteiger partial charge in [0.2, 0.25) is 0 Å². The molecule has 2 nitrogen and oxygen atoms in total. The van der Waals surface area contributed by atoms with Gasteiger partial charge in [0, 0.05) is 11.4 Å². The van der Waals surface area contributed by atoms with E-state index in [2.05, 4.69) is 12.6 Å². The number of nitrogens with zero attached hydrogens (tertiary/aromatic N) is 1. The number of hydrogen-bond donors (Lipinski definition) is 2. The van der Waals surface area contributed by atoms with Crippen LogP contribution in [0, 0.1) is 10.7 Å². The summed E-state index contributed by atoms with van der Waals surface area (Å²) in [6.45, 7) is 0.678. The van der Waals surface area contributed by atoms with E-state index in [1.165, 1.54) is 10.3 Å². The summed E-state index contributed by atoms with van der Waals surface area (Å²) in [5, 5.41) is 10.7. The van der Waals surface area contributed by atoms with Crippen LogP contribution in [0.1, 0.15) is 4.88 Å². The minimum atomic E-state index is 0.678. The van der Waals surface area contributed by atoms with E-state index in [9.17, 15) is 0 Å². The Labute approximate surface area is 69.7 Å². The van der Waals surface area contributed by atoms with Crippen molar-refractivity contribution in [3.8, 4) is 5.40 Å². The van der Waals surface area contributed by atoms with Gasteiger partial charge in [0.15, 0.2) is 0 Å². The fourth-order valence-corrected chi connectivity index (χ4v) is 1.01. The van der Waals surface area contributed by atoms with Crippen LogP contribution in [0.5, 0.6) is 0 Å². The Balaban J connectivity index is 0.000000236. The van der Waals surface area contributed by atoms with Gasteiger partial charge in [0.25, 0.3) is 0 Å². The molecule has 0 aliphatic heterocycles. The van der Waals surface area contributed by atoms with Crippen molar-refractivity contribution < 1.29 is 0 Å². The topological polar surface area (TPSA) is 49.8 Å². The smallest absolute Gasteiger partial charge is 0.130 e. The highest BCUT2D eigenvalue weighted by Gasteiger charge is 1.82. The van der Waals surface area contributed by atoms with E-state index in [0.717, 1.165) is 0 Å². The summed E-state index contributed by atoms with van der Waals surface area (Å²) in [5.74, 6) is 0. The zero-order valence-corrected chi connectivity index (χ0v) is 7.03. The Hall–Kier alpha value is -0.500. The van der Waals surface area contributed by atoms with Crippen molar-refractivity contribution in [2.45, 2.75) is 6.54 Å². The second-order valence-corrected chi connectivity index (χ2v) is 2.62. The second-order valence-electron chi connectivity index (χ2n) is 1.38. The lowest BCUT2D eigenvalue weighted by Crippen LogP contribution is -1.90. The van der Waals surface area contributed by atoms with Crippen molar-refractivity contribution in [3.05, 3.63) is 22.4 Å². The van der Waals surface area contributed by atoms with Gasteiger partial charge in [-0.3, -0.25) is 0 Å². The third kappa shape index (κ3) is 4.39. The Morgan fingerprint density at radius 3 is 2.60 bits per heavy atom. The van der Waals surface area contributed by atoms with Gasteiger partial charge in [-0.15, -0.1) is 11.3 Å². The van der Waals surface area contributed by atoms with Crippen molar-refractivity contribution in [2.75, 3.05) is 0 Å². The minimum absolute atomic E-state index is 0.678. The first-order chi connectivity index (χ1) is 4.85. The lowest BCUT2D eigenvalue weighted by molar-refractivity contribution is 1.11. The third-order valence-electron chi connectivity index (χ3n) is 0.781. The average Bonchev–Trinajstić information content (AvgIpc) is 2.39. The molecule has 0 aliphatic rings. The van der Waals surface area contributed by atoms with Gasteiger partial charge in [-0.2, -0.15) is 5.26 Å². The van der Waals surface area contributed by atoms with Crippen LogP contribution in [-0.4, -0.2) is 0 Å². The molecule has 0 aromatic carbocycles. The first kappa shape index (κ1) is 9.50. The predicted octanol–water partition coefficient (Wildman–Crippen LogP) is 1.60. The molecule has 0 saturated carbocycles. The molecule has 0 fully saturated rings. The van der Waals surface area contributed by atoms with E-state index in [-0.39, 0.29) is 0 Å². The van der Waals surface area contributed by atoms with E-state index < -0.39 is 0 Å². The monoisotopic (exact) mass is 172 g/mol. The average molecular weight is 172 g/mol. The maximum Gasteiger partial charge on any atom is 0.130 e. The molecule has 1 aromatic rings. The number of thiophene rings is 1. The third-order valence-corrected chi connectivity index (χ3v) is 1.68. The largest absolute Gasteiger partial charge is 0.326 e. The summed E-state index contributed by atoms with van der Waals surface area (Å²) in [6, 6.07) is 4.04. The minimum Gasteiger partial charge on any atom is -0.326 e. The van der Waals surface area contributed by atoms with E-state index in [1.54, 1.807) is 11.3 Å². The van der Waals surface area contributed by atoms with Crippen molar-refractivity contribution >= 4 is 24.0 Å². The van der Waals surface area contributed by atoms with Crippen molar-refractivity contribution in [2.24, 2.45) is 5.73 Å². The Bertz CT molecular complexity index is 188. The molecule has 4 heteroatoms. The normalized spacial score (nSPS) is 7.30. The highest BCUT2D eigenvalue weighted by molar-refractivity contribution is 7.85. The van der Waals surface area contributed by atoms with Gasteiger partial charge in [0.05, 0.1) is 0 Å². The summed E-state index contributed by atoms with van der Waals surface area (Å²) in [7, 11) is 0. The summed E-state index contributed by atoms with van der Waals surface area (Å²) in [6.07, 6.45) is 0. The standard InChI is InChI=1S/C5H7NS.CHNS/c6-4-5-2-1-3-7-5;2-1-3/h1-3H,4,6H2;3H. The lowest BCUT2D eigenvalue weighted by atomic mass is 10.5. The maximum atomic E-state index is 7.18. The number of rotatable bonds is 1. The van der Waals surface area contributed by atoms with E-state index in [1.807, 2.05) is 17.5 Å². The zero-order valence-electron chi connectivity index (χ0n) is 5.32. The Morgan fingerprint density at radius 2 is 2.40 bits per heavy atom. The summed E-state index contributed by atoms with van der Waals surface area (Å²) < 4.78 is 0. The molecule has 54 valence electrons. The zero-order chi connectivity index (χ0) is 7.82. The van der Waals surface area contributed by atoms with Crippen LogP contribution in [0.3, 0.4) is 0 Å². The van der Waals surface area contributed by atoms with Crippen molar-refractivity contribution in [1.82, 2.24) is 0 Å². The first-order valence-electron chi connectivity index (χ1n) is 2.60. The molecular formula is C6H8N2S2. The van der Waals surface area contributed by atoms with Crippen LogP contribution in [-0.2, 0) is 6.54 Å². The second kappa shape index (κ2) is 6.62. The molecule has 2 N–H and O–H groups in total. The van der Waals surface area contributed by atoms with Crippen molar-refractivity contribution in [3.63, 3.8) is 0 Å². The van der Waals surface area contributed by atoms with Crippen LogP contribution in [0.2, 0.25) is 0 Å². The van der Waals surface area contributed by atoms with Crippen LogP contribution < -0.4 is 5.73 Å². The fourth-order valence-electron chi connectivity index (χ4n) is 0.429. The molecule has 0 radical (unpaired) electrons. The van der Waals surface area contributed by atoms with E-state index in [4.69, 9.17) is 11.0 Å². The van der Waals surface area contributed by atoms with Crippen LogP contribution in [0.4, 0.5) is 0 Å². The highest BCUT2D eigenvalue weighted by atomic mass is 32.1. The van der Waals surface area contributed by atoms with Crippen LogP contribution >= 0.6 is 24.0 Å². The quantitative estimate of drug-likeness (QED) is 0.499. The van der Waals surface area contributed by atoms with Crippen LogP contribution in [0.25, 0.3) is 0 Å². The molecule has 0 atom stereocenters. The molecule has 10 heavy (non-hydrogen) atoms. The fraction of sp³-hybridized carbons (Fsp3) is 0.167. The lowest BCUT2D eigenvalue weighted by Gasteiger charge is -1.79. The van der Waals surface area contributed by atoms with Crippen LogP contribution in [0.15, 0.2) is 17.5 Å². The molecule has 1 heterocycles. The van der Waals surface area contributed by atoms with Crippen molar-refractivity contribution in [1.29, 1.82) is 5.26 Å². The molecule has 0 amide bonds. The van der Waals surface area contributed by atoms with Gasteiger partial charge in [0.1, 0.15) is 5.40 Å². The maximum absolute atomic E-state index is 7.18. The van der Waals surface area contributed by atoms with E-state index >= 15 is 0 Å². The first-order valence-corrected chi connectivity index (χ1v) is 3.93. The van der Waals surface area contributed by atoms with Gasteiger partial charge in [-0.05, 0) is 11.4 Å². The number of hydrogen-bond acceptors (Lipinski definition) is 4. The predicted molar refractivity (Wildman–Crippen MR) is 46.8 cm³/mol. The SMILES string of the molecule is N#CS.NCc1cccs1. The van der Waals surface area contributed by atoms with Gasteiger partial charge < -0.3 is 5.73 Å². The summed E-state index contributed by atoms with van der Waals surface area (Å²) in [4.78, 5) is 1.25. The van der Waals surface area contributed by atoms with Gasteiger partial charge >= 0.3 is 0 Å². The summed E-state index contributed by atoms with van der Waals surface area (Å²) >= 11 is 4.79. The summed E-state index contributed by atoms with van der Waals surface area (Å²) in [5.41, 5.74) is 5.30. The number of nitrogens with two attached hydrogens (primary N) is 1. The highest BCUT2D eigenvalue weighted by Crippen LogP contribution is 2.05. The number of thiocyanates is 1. The molecule has 0 spiro atoms. The molecule has 0 bridgehead atoms.